The molecule has 1 aliphatic heterocycles. The van der Waals surface area contributed by atoms with E-state index in [2.05, 4.69) is 54.4 Å². The van der Waals surface area contributed by atoms with Gasteiger partial charge in [0.15, 0.2) is 0 Å². The molecule has 0 radical (unpaired) electrons. The number of likely N-dealkylation sites (tertiary alicyclic amines) is 1. The maximum atomic E-state index is 10.1. The summed E-state index contributed by atoms with van der Waals surface area (Å²) in [4.78, 5) is 2.50. The number of likely N-dealkylation sites (N-methyl/N-ethyl adjacent to an activating group) is 1. The molecule has 0 spiro atoms. The smallest absolute Gasteiger partial charge is 0.0644 e. The molecule has 2 N–H and O–H groups in total. The predicted molar refractivity (Wildman–Crippen MR) is 88.6 cm³/mol. The number of piperidine rings is 1. The topological polar surface area (TPSA) is 35.5 Å². The molecule has 0 bridgehead atoms. The Morgan fingerprint density at radius 2 is 1.86 bits per heavy atom. The van der Waals surface area contributed by atoms with Crippen LogP contribution in [0.2, 0.25) is 0 Å². The van der Waals surface area contributed by atoms with Crippen molar-refractivity contribution >= 4 is 0 Å². The third-order valence-corrected chi connectivity index (χ3v) is 4.74. The third kappa shape index (κ3) is 4.53. The van der Waals surface area contributed by atoms with Gasteiger partial charge in [0.05, 0.1) is 5.60 Å². The van der Waals surface area contributed by atoms with Gasteiger partial charge in [0, 0.05) is 31.6 Å². The van der Waals surface area contributed by atoms with E-state index in [1.807, 2.05) is 6.92 Å². The zero-order valence-corrected chi connectivity index (χ0v) is 13.7. The normalized spacial score (nSPS) is 21.9. The Morgan fingerprint density at radius 1 is 1.24 bits per heavy atom. The molecule has 1 aromatic rings. The lowest BCUT2D eigenvalue weighted by Crippen LogP contribution is -2.50. The summed E-state index contributed by atoms with van der Waals surface area (Å²) < 4.78 is 0. The van der Waals surface area contributed by atoms with E-state index in [-0.39, 0.29) is 5.41 Å². The van der Waals surface area contributed by atoms with E-state index in [0.29, 0.717) is 0 Å². The Balaban J connectivity index is 2.06. The van der Waals surface area contributed by atoms with Crippen LogP contribution in [-0.2, 0) is 5.41 Å². The van der Waals surface area contributed by atoms with E-state index in [1.54, 1.807) is 0 Å². The molecule has 3 heteroatoms. The second-order valence-corrected chi connectivity index (χ2v) is 6.98. The van der Waals surface area contributed by atoms with Gasteiger partial charge >= 0.3 is 0 Å². The van der Waals surface area contributed by atoms with Gasteiger partial charge in [-0.15, -0.1) is 0 Å². The van der Waals surface area contributed by atoms with Gasteiger partial charge in [0.25, 0.3) is 0 Å². The van der Waals surface area contributed by atoms with Crippen molar-refractivity contribution in [3.63, 3.8) is 0 Å². The lowest BCUT2D eigenvalue weighted by Gasteiger charge is -2.41. The van der Waals surface area contributed by atoms with Crippen LogP contribution in [0, 0.1) is 0 Å². The van der Waals surface area contributed by atoms with Gasteiger partial charge in [0.2, 0.25) is 0 Å². The van der Waals surface area contributed by atoms with Gasteiger partial charge in [-0.25, -0.2) is 0 Å². The maximum Gasteiger partial charge on any atom is 0.0644 e. The molecule has 1 heterocycles. The Labute approximate surface area is 129 Å². The van der Waals surface area contributed by atoms with Gasteiger partial charge < -0.3 is 15.3 Å². The Morgan fingerprint density at radius 3 is 2.43 bits per heavy atom. The van der Waals surface area contributed by atoms with Gasteiger partial charge in [-0.1, -0.05) is 44.2 Å². The van der Waals surface area contributed by atoms with E-state index >= 15 is 0 Å². The van der Waals surface area contributed by atoms with Crippen molar-refractivity contribution in [1.29, 1.82) is 0 Å². The average Bonchev–Trinajstić information content (AvgIpc) is 2.48. The molecule has 1 atom stereocenters. The molecule has 3 nitrogen and oxygen atoms in total. The SMILES string of the molecule is CCNCC(C)(CN1CCC(C)(O)CC1)c1ccccc1. The zero-order chi connectivity index (χ0) is 15.3. The molecular formula is C18H30N2O. The van der Waals surface area contributed by atoms with E-state index in [9.17, 15) is 5.11 Å². The summed E-state index contributed by atoms with van der Waals surface area (Å²) in [6.07, 6.45) is 1.75. The fourth-order valence-corrected chi connectivity index (χ4v) is 3.18. The monoisotopic (exact) mass is 290 g/mol. The number of nitrogens with one attached hydrogen (secondary N) is 1. The first-order chi connectivity index (χ1) is 9.95. The Hall–Kier alpha value is -0.900. The van der Waals surface area contributed by atoms with Gasteiger partial charge in [-0.3, -0.25) is 0 Å². The van der Waals surface area contributed by atoms with Gasteiger partial charge in [-0.2, -0.15) is 0 Å². The zero-order valence-electron chi connectivity index (χ0n) is 13.7. The molecule has 1 aliphatic rings. The number of rotatable bonds is 6. The van der Waals surface area contributed by atoms with E-state index in [1.165, 1.54) is 5.56 Å². The molecule has 21 heavy (non-hydrogen) atoms. The highest BCUT2D eigenvalue weighted by Gasteiger charge is 2.33. The second-order valence-electron chi connectivity index (χ2n) is 6.98. The van der Waals surface area contributed by atoms with Crippen LogP contribution >= 0.6 is 0 Å². The molecule has 1 saturated heterocycles. The molecule has 2 rings (SSSR count). The second kappa shape index (κ2) is 6.91. The fraction of sp³-hybridized carbons (Fsp3) is 0.667. The fourth-order valence-electron chi connectivity index (χ4n) is 3.18. The van der Waals surface area contributed by atoms with Gasteiger partial charge in [-0.05, 0) is 31.9 Å². The van der Waals surface area contributed by atoms with Crippen LogP contribution in [0.1, 0.15) is 39.2 Å². The van der Waals surface area contributed by atoms with Crippen LogP contribution < -0.4 is 5.32 Å². The lowest BCUT2D eigenvalue weighted by atomic mass is 9.80. The highest BCUT2D eigenvalue weighted by Crippen LogP contribution is 2.28. The Bertz CT molecular complexity index is 422. The first kappa shape index (κ1) is 16.5. The van der Waals surface area contributed by atoms with E-state index < -0.39 is 5.60 Å². The largest absolute Gasteiger partial charge is 0.390 e. The highest BCUT2D eigenvalue weighted by molar-refractivity contribution is 5.25. The minimum absolute atomic E-state index is 0.112. The molecule has 1 unspecified atom stereocenters. The van der Waals surface area contributed by atoms with Crippen molar-refractivity contribution in [3.8, 4) is 0 Å². The molecule has 1 fully saturated rings. The molecule has 0 aliphatic carbocycles. The number of aliphatic hydroxyl groups is 1. The van der Waals surface area contributed by atoms with Crippen molar-refractivity contribution in [2.24, 2.45) is 0 Å². The predicted octanol–water partition coefficient (Wildman–Crippen LogP) is 2.40. The number of benzene rings is 1. The molecular weight excluding hydrogens is 260 g/mol. The number of nitrogens with zero attached hydrogens (tertiary/aromatic N) is 1. The summed E-state index contributed by atoms with van der Waals surface area (Å²) in [5.74, 6) is 0. The minimum atomic E-state index is -0.471. The highest BCUT2D eigenvalue weighted by atomic mass is 16.3. The van der Waals surface area contributed by atoms with E-state index in [4.69, 9.17) is 0 Å². The standard InChI is InChI=1S/C18H30N2O/c1-4-19-14-17(2,16-8-6-5-7-9-16)15-20-12-10-18(3,21)11-13-20/h5-9,19,21H,4,10-15H2,1-3H3. The minimum Gasteiger partial charge on any atom is -0.390 e. The summed E-state index contributed by atoms with van der Waals surface area (Å²) in [6.45, 7) is 11.5. The summed E-state index contributed by atoms with van der Waals surface area (Å²) in [5.41, 5.74) is 1.03. The number of hydrogen-bond donors (Lipinski definition) is 2. The molecule has 1 aromatic carbocycles. The molecule has 118 valence electrons. The summed E-state index contributed by atoms with van der Waals surface area (Å²) in [5, 5.41) is 13.6. The van der Waals surface area contributed by atoms with Crippen LogP contribution in [0.15, 0.2) is 30.3 Å². The summed E-state index contributed by atoms with van der Waals surface area (Å²) >= 11 is 0. The summed E-state index contributed by atoms with van der Waals surface area (Å²) in [6, 6.07) is 10.8. The van der Waals surface area contributed by atoms with Crippen LogP contribution in [0.3, 0.4) is 0 Å². The first-order valence-electron chi connectivity index (χ1n) is 8.16. The van der Waals surface area contributed by atoms with Crippen molar-refractivity contribution in [1.82, 2.24) is 10.2 Å². The van der Waals surface area contributed by atoms with Crippen LogP contribution in [0.4, 0.5) is 0 Å². The molecule has 0 aromatic heterocycles. The quantitative estimate of drug-likeness (QED) is 0.844. The Kier molecular flexibility index (Phi) is 5.42. The van der Waals surface area contributed by atoms with Crippen molar-refractivity contribution in [2.75, 3.05) is 32.7 Å². The molecule has 0 amide bonds. The number of hydrogen-bond acceptors (Lipinski definition) is 3. The average molecular weight is 290 g/mol. The van der Waals surface area contributed by atoms with Crippen molar-refractivity contribution in [2.45, 2.75) is 44.6 Å². The van der Waals surface area contributed by atoms with E-state index in [0.717, 1.165) is 45.6 Å². The van der Waals surface area contributed by atoms with Gasteiger partial charge in [0.1, 0.15) is 0 Å². The first-order valence-corrected chi connectivity index (χ1v) is 8.16. The van der Waals surface area contributed by atoms with Crippen LogP contribution in [-0.4, -0.2) is 48.3 Å². The molecule has 0 saturated carbocycles. The van der Waals surface area contributed by atoms with Crippen LogP contribution in [0.5, 0.6) is 0 Å². The van der Waals surface area contributed by atoms with Crippen LogP contribution in [0.25, 0.3) is 0 Å². The maximum absolute atomic E-state index is 10.1. The summed E-state index contributed by atoms with van der Waals surface area (Å²) in [7, 11) is 0. The van der Waals surface area contributed by atoms with Crippen molar-refractivity contribution in [3.05, 3.63) is 35.9 Å². The third-order valence-electron chi connectivity index (χ3n) is 4.74. The van der Waals surface area contributed by atoms with Crippen molar-refractivity contribution < 1.29 is 5.11 Å². The lowest BCUT2D eigenvalue weighted by molar-refractivity contribution is -0.00994.